The van der Waals surface area contributed by atoms with Gasteiger partial charge in [0.15, 0.2) is 6.10 Å². The molecule has 1 aliphatic carbocycles. The van der Waals surface area contributed by atoms with E-state index in [2.05, 4.69) is 25.3 Å². The lowest BCUT2D eigenvalue weighted by Gasteiger charge is -2.21. The van der Waals surface area contributed by atoms with E-state index in [1.807, 2.05) is 6.08 Å². The summed E-state index contributed by atoms with van der Waals surface area (Å²) in [6.45, 7) is 5.76. The second-order valence-corrected chi connectivity index (χ2v) is 17.7. The number of hydrogen-bond acceptors (Lipinski definition) is 9. The largest absolute Gasteiger partial charge is 0.469 e. The first-order valence-electron chi connectivity index (χ1n) is 22.1. The van der Waals surface area contributed by atoms with Gasteiger partial charge in [0.1, 0.15) is 6.61 Å². The van der Waals surface area contributed by atoms with E-state index in [1.54, 1.807) is 6.08 Å². The molecule has 0 saturated heterocycles. The third kappa shape index (κ3) is 29.5. The Kier molecular flexibility index (Phi) is 30.6. The Labute approximate surface area is 334 Å². The molecule has 1 fully saturated rings. The van der Waals surface area contributed by atoms with Gasteiger partial charge < -0.3 is 34.6 Å². The first kappa shape index (κ1) is 51.7. The van der Waals surface area contributed by atoms with E-state index >= 15 is 0 Å². The summed E-state index contributed by atoms with van der Waals surface area (Å²) >= 11 is 0. The molecule has 0 unspecified atom stereocenters. The van der Waals surface area contributed by atoms with Crippen molar-refractivity contribution in [3.8, 4) is 0 Å². The summed E-state index contributed by atoms with van der Waals surface area (Å²) in [4.78, 5) is 43.1. The van der Waals surface area contributed by atoms with E-state index in [1.165, 1.54) is 70.6 Å². The Morgan fingerprint density at radius 3 is 1.75 bits per heavy atom. The van der Waals surface area contributed by atoms with Gasteiger partial charge in [0.05, 0.1) is 24.9 Å². The lowest BCUT2D eigenvalue weighted by Crippen LogP contribution is -2.29. The first-order chi connectivity index (χ1) is 26.3. The summed E-state index contributed by atoms with van der Waals surface area (Å²) in [5, 5.41) is 31.3. The molecule has 11 nitrogen and oxygen atoms in total. The molecule has 0 spiro atoms. The molecule has 0 aromatic carbocycles. The van der Waals surface area contributed by atoms with E-state index in [0.29, 0.717) is 25.7 Å². The smallest absolute Gasteiger partial charge is 0.462 e. The highest BCUT2D eigenvalue weighted by Gasteiger charge is 2.39. The van der Waals surface area contributed by atoms with Crippen LogP contribution in [0.25, 0.3) is 0 Å². The number of esters is 2. The molecule has 1 saturated carbocycles. The van der Waals surface area contributed by atoms with Crippen LogP contribution < -0.4 is 0 Å². The average Bonchev–Trinajstić information content (AvgIpc) is 3.39. The number of aliphatic hydroxyl groups is 3. The number of carbonyl (C=O) groups excluding carboxylic acids is 2. The lowest BCUT2D eigenvalue weighted by molar-refractivity contribution is -0.161. The van der Waals surface area contributed by atoms with Crippen molar-refractivity contribution in [2.75, 3.05) is 13.2 Å². The summed E-state index contributed by atoms with van der Waals surface area (Å²) < 4.78 is 26.4. The molecular formula is C43H81O11P. The molecule has 0 aromatic rings. The number of aliphatic hydroxyl groups excluding tert-OH is 3. The molecule has 0 radical (unpaired) electrons. The summed E-state index contributed by atoms with van der Waals surface area (Å²) in [5.74, 6) is -0.473. The van der Waals surface area contributed by atoms with Crippen LogP contribution in [0.15, 0.2) is 12.2 Å². The van der Waals surface area contributed by atoms with Gasteiger partial charge in [-0.05, 0) is 37.5 Å². The van der Waals surface area contributed by atoms with Gasteiger partial charge in [-0.25, -0.2) is 4.57 Å². The molecular weight excluding hydrogens is 723 g/mol. The topological polar surface area (TPSA) is 180 Å². The van der Waals surface area contributed by atoms with E-state index in [0.717, 1.165) is 70.1 Å². The van der Waals surface area contributed by atoms with E-state index in [4.69, 9.17) is 19.3 Å². The standard InChI is InChI=1S/C43H81O11P/c1-4-5-20-26-36(44)30-31-39-38(40(45)32-41(39)46)27-22-18-19-23-28-42(47)52-33-37(34-53-55(49,50)51)54-43(48)29-24-17-15-13-11-9-7-6-8-10-12-14-16-21-25-35(2)3/h30-31,35-41,44-46H,4-29,32-34H2,1-3H3,(H2,49,50,51)/b31-30+/t36-,37+,38+,39+,40-,41+/m0/s1. The second-order valence-electron chi connectivity index (χ2n) is 16.5. The maximum absolute atomic E-state index is 12.5. The Balaban J connectivity index is 2.22. The zero-order valence-corrected chi connectivity index (χ0v) is 35.7. The van der Waals surface area contributed by atoms with Gasteiger partial charge >= 0.3 is 19.8 Å². The molecule has 55 heavy (non-hydrogen) atoms. The van der Waals surface area contributed by atoms with E-state index < -0.39 is 50.8 Å². The minimum absolute atomic E-state index is 0.0809. The predicted molar refractivity (Wildman–Crippen MR) is 218 cm³/mol. The van der Waals surface area contributed by atoms with Gasteiger partial charge in [-0.3, -0.25) is 14.1 Å². The van der Waals surface area contributed by atoms with Crippen LogP contribution in [0.5, 0.6) is 0 Å². The Morgan fingerprint density at radius 1 is 0.691 bits per heavy atom. The van der Waals surface area contributed by atoms with Crippen LogP contribution in [0, 0.1) is 17.8 Å². The molecule has 1 aliphatic rings. The quantitative estimate of drug-likeness (QED) is 0.0176. The van der Waals surface area contributed by atoms with Crippen LogP contribution in [0.3, 0.4) is 0 Å². The molecule has 12 heteroatoms. The van der Waals surface area contributed by atoms with Crippen LogP contribution in [-0.2, 0) is 28.2 Å². The first-order valence-corrected chi connectivity index (χ1v) is 23.6. The third-order valence-corrected chi connectivity index (χ3v) is 11.3. The Hall–Kier alpha value is -1.33. The maximum Gasteiger partial charge on any atom is 0.469 e. The fourth-order valence-corrected chi connectivity index (χ4v) is 7.84. The van der Waals surface area contributed by atoms with Gasteiger partial charge in [-0.1, -0.05) is 161 Å². The summed E-state index contributed by atoms with van der Waals surface area (Å²) in [5.41, 5.74) is 0. The summed E-state index contributed by atoms with van der Waals surface area (Å²) in [6.07, 6.45) is 27.2. The molecule has 0 aliphatic heterocycles. The SMILES string of the molecule is CCCCC[C@H](O)/C=C/[C@@H]1[C@@H](CCCCCCC(=O)OC[C@H](COP(=O)(O)O)OC(=O)CCCCCCCCCCCCCCCCC(C)C)[C@@H](O)C[C@H]1O. The maximum atomic E-state index is 12.5. The normalized spacial score (nSPS) is 20.0. The number of ether oxygens (including phenoxy) is 2. The highest BCUT2D eigenvalue weighted by molar-refractivity contribution is 7.46. The highest BCUT2D eigenvalue weighted by Crippen LogP contribution is 2.38. The molecule has 1 rings (SSSR count). The number of hydrogen-bond donors (Lipinski definition) is 5. The van der Waals surface area contributed by atoms with Gasteiger partial charge in [0.2, 0.25) is 0 Å². The van der Waals surface area contributed by atoms with E-state index in [9.17, 15) is 29.5 Å². The van der Waals surface area contributed by atoms with E-state index in [-0.39, 0.29) is 31.3 Å². The van der Waals surface area contributed by atoms with Crippen LogP contribution in [0.1, 0.15) is 194 Å². The van der Waals surface area contributed by atoms with Crippen molar-refractivity contribution in [1.82, 2.24) is 0 Å². The average molecular weight is 805 g/mol. The van der Waals surface area contributed by atoms with Crippen molar-refractivity contribution in [2.24, 2.45) is 17.8 Å². The third-order valence-electron chi connectivity index (χ3n) is 10.8. The van der Waals surface area contributed by atoms with Crippen molar-refractivity contribution in [1.29, 1.82) is 0 Å². The molecule has 0 bridgehead atoms. The molecule has 6 atom stereocenters. The monoisotopic (exact) mass is 805 g/mol. The molecule has 5 N–H and O–H groups in total. The number of rotatable bonds is 36. The zero-order valence-electron chi connectivity index (χ0n) is 34.8. The van der Waals surface area contributed by atoms with Crippen molar-refractivity contribution in [3.63, 3.8) is 0 Å². The second kappa shape index (κ2) is 32.6. The zero-order chi connectivity index (χ0) is 40.7. The Bertz CT molecular complexity index is 1030. The predicted octanol–water partition coefficient (Wildman–Crippen LogP) is 9.64. The fraction of sp³-hybridized carbons (Fsp3) is 0.907. The fourth-order valence-electron chi connectivity index (χ4n) is 7.48. The van der Waals surface area contributed by atoms with Gasteiger partial charge in [0, 0.05) is 25.2 Å². The molecule has 0 amide bonds. The minimum Gasteiger partial charge on any atom is -0.462 e. The van der Waals surface area contributed by atoms with Crippen LogP contribution in [0.2, 0.25) is 0 Å². The highest BCUT2D eigenvalue weighted by atomic mass is 31.2. The van der Waals surface area contributed by atoms with Crippen LogP contribution in [0.4, 0.5) is 0 Å². The van der Waals surface area contributed by atoms with Crippen molar-refractivity contribution in [2.45, 2.75) is 219 Å². The summed E-state index contributed by atoms with van der Waals surface area (Å²) in [7, 11) is -4.81. The molecule has 0 heterocycles. The van der Waals surface area contributed by atoms with Gasteiger partial charge in [-0.15, -0.1) is 0 Å². The number of unbranched alkanes of at least 4 members (excludes halogenated alkanes) is 18. The number of phosphoric ester groups is 1. The lowest BCUT2D eigenvalue weighted by atomic mass is 9.88. The van der Waals surface area contributed by atoms with Crippen molar-refractivity contribution >= 4 is 19.8 Å². The van der Waals surface area contributed by atoms with Crippen LogP contribution in [-0.4, -0.2) is 74.7 Å². The number of carbonyl (C=O) groups is 2. The van der Waals surface area contributed by atoms with Gasteiger partial charge in [0.25, 0.3) is 0 Å². The van der Waals surface area contributed by atoms with Crippen molar-refractivity contribution in [3.05, 3.63) is 12.2 Å². The van der Waals surface area contributed by atoms with Crippen molar-refractivity contribution < 1.29 is 53.3 Å². The minimum atomic E-state index is -4.81. The molecule has 0 aromatic heterocycles. The molecule has 324 valence electrons. The summed E-state index contributed by atoms with van der Waals surface area (Å²) in [6, 6.07) is 0. The van der Waals surface area contributed by atoms with Gasteiger partial charge in [-0.2, -0.15) is 0 Å². The van der Waals surface area contributed by atoms with Crippen LogP contribution >= 0.6 is 7.82 Å². The Morgan fingerprint density at radius 2 is 1.20 bits per heavy atom. The number of phosphoric acid groups is 1.